The maximum Gasteiger partial charge on any atom is 0.280 e. The molecule has 0 radical (unpaired) electrons. The molecule has 0 aliphatic rings. The van der Waals surface area contributed by atoms with E-state index in [9.17, 15) is 13.6 Å². The summed E-state index contributed by atoms with van der Waals surface area (Å²) in [4.78, 5) is 27.8. The number of H-pyrrole nitrogens is 1. The molecule has 4 heterocycles. The van der Waals surface area contributed by atoms with Crippen LogP contribution in [0.15, 0.2) is 48.8 Å². The van der Waals surface area contributed by atoms with E-state index in [0.29, 0.717) is 28.3 Å². The number of rotatable bonds is 6. The predicted molar refractivity (Wildman–Crippen MR) is 116 cm³/mol. The van der Waals surface area contributed by atoms with Crippen LogP contribution in [0.3, 0.4) is 0 Å². The number of carbonyl (C=O) groups excluding carboxylic acids is 1. The quantitative estimate of drug-likeness (QED) is 0.428. The van der Waals surface area contributed by atoms with E-state index in [4.69, 9.17) is 0 Å². The van der Waals surface area contributed by atoms with Crippen molar-refractivity contribution in [1.29, 1.82) is 0 Å². The molecule has 4 rings (SSSR count). The van der Waals surface area contributed by atoms with E-state index in [2.05, 4.69) is 32.2 Å². The molecule has 4 aromatic heterocycles. The molecule has 6 nitrogen and oxygen atoms in total. The highest BCUT2D eigenvalue weighted by atomic mass is 19.3. The predicted octanol–water partition coefficient (Wildman–Crippen LogP) is 5.54. The zero-order valence-electron chi connectivity index (χ0n) is 17.1. The third kappa shape index (κ3) is 4.14. The molecular formula is C23H21F2N5O. The third-order valence-corrected chi connectivity index (χ3v) is 4.90. The van der Waals surface area contributed by atoms with Gasteiger partial charge in [0.15, 0.2) is 0 Å². The van der Waals surface area contributed by atoms with Crippen LogP contribution in [0, 0.1) is 0 Å². The van der Waals surface area contributed by atoms with E-state index in [1.54, 1.807) is 36.7 Å². The van der Waals surface area contributed by atoms with E-state index >= 15 is 0 Å². The maximum atomic E-state index is 13.3. The van der Waals surface area contributed by atoms with Crippen molar-refractivity contribution in [1.82, 2.24) is 19.9 Å². The van der Waals surface area contributed by atoms with E-state index in [-0.39, 0.29) is 11.6 Å². The number of amides is 1. The first-order valence-electron chi connectivity index (χ1n) is 9.97. The molecule has 0 saturated heterocycles. The van der Waals surface area contributed by atoms with Crippen LogP contribution in [-0.2, 0) is 11.2 Å². The number of nitrogens with one attached hydrogen (secondary N) is 2. The largest absolute Gasteiger partial charge is 0.352 e. The Labute approximate surface area is 177 Å². The van der Waals surface area contributed by atoms with Gasteiger partial charge in [-0.2, -0.15) is 0 Å². The molecule has 0 bridgehead atoms. The SMILES string of the molecule is CCCc1ccnc2c(-c3cccc(C(F)F)n3)c(-c3ccnc(NC(C)=O)c3)[nH]c12. The number of fused-ring (bicyclic) bond motifs is 1. The molecule has 0 aliphatic heterocycles. The first-order chi connectivity index (χ1) is 15.0. The van der Waals surface area contributed by atoms with Gasteiger partial charge in [-0.05, 0) is 42.3 Å². The van der Waals surface area contributed by atoms with Gasteiger partial charge in [0, 0.05) is 24.9 Å². The van der Waals surface area contributed by atoms with Gasteiger partial charge < -0.3 is 10.3 Å². The highest BCUT2D eigenvalue weighted by molar-refractivity contribution is 6.02. The molecule has 31 heavy (non-hydrogen) atoms. The second-order valence-electron chi connectivity index (χ2n) is 7.18. The minimum absolute atomic E-state index is 0.236. The summed E-state index contributed by atoms with van der Waals surface area (Å²) in [6.07, 6.45) is 2.42. The van der Waals surface area contributed by atoms with Gasteiger partial charge in [0.05, 0.1) is 28.0 Å². The zero-order valence-corrected chi connectivity index (χ0v) is 17.1. The standard InChI is InChI=1S/C23H21F2N5O/c1-3-5-14-8-11-27-22-19(16-6-4-7-17(29-16)23(24)25)20(30-21(14)22)15-9-10-26-18(12-15)28-13(2)31/h4,6-12,23,30H,3,5H2,1-2H3,(H,26,28,31). The number of aromatic amines is 1. The van der Waals surface area contributed by atoms with Crippen LogP contribution in [0.25, 0.3) is 33.5 Å². The monoisotopic (exact) mass is 421 g/mol. The van der Waals surface area contributed by atoms with Crippen LogP contribution >= 0.6 is 0 Å². The Bertz CT molecular complexity index is 1250. The molecule has 0 aliphatic carbocycles. The Kier molecular flexibility index (Phi) is 5.70. The fourth-order valence-corrected chi connectivity index (χ4v) is 3.63. The van der Waals surface area contributed by atoms with Crippen LogP contribution in [0.1, 0.15) is 38.0 Å². The first-order valence-corrected chi connectivity index (χ1v) is 9.97. The van der Waals surface area contributed by atoms with Crippen molar-refractivity contribution in [3.63, 3.8) is 0 Å². The second kappa shape index (κ2) is 8.59. The van der Waals surface area contributed by atoms with E-state index in [0.717, 1.165) is 29.5 Å². The average molecular weight is 421 g/mol. The number of hydrogen-bond acceptors (Lipinski definition) is 4. The van der Waals surface area contributed by atoms with Crippen molar-refractivity contribution >= 4 is 22.8 Å². The fourth-order valence-electron chi connectivity index (χ4n) is 3.63. The molecule has 0 fully saturated rings. The van der Waals surface area contributed by atoms with Gasteiger partial charge >= 0.3 is 0 Å². The zero-order chi connectivity index (χ0) is 22.0. The Balaban J connectivity index is 1.98. The Morgan fingerprint density at radius 3 is 2.71 bits per heavy atom. The first kappa shape index (κ1) is 20.6. The van der Waals surface area contributed by atoms with E-state index in [1.807, 2.05) is 6.07 Å². The molecule has 0 unspecified atom stereocenters. The summed E-state index contributed by atoms with van der Waals surface area (Å²) in [6.45, 7) is 3.50. The molecule has 158 valence electrons. The highest BCUT2D eigenvalue weighted by Crippen LogP contribution is 2.38. The number of pyridine rings is 3. The van der Waals surface area contributed by atoms with E-state index in [1.165, 1.54) is 13.0 Å². The lowest BCUT2D eigenvalue weighted by Gasteiger charge is -2.08. The molecule has 0 saturated carbocycles. The molecule has 2 N–H and O–H groups in total. The van der Waals surface area contributed by atoms with Gasteiger partial charge in [0.2, 0.25) is 5.91 Å². The topological polar surface area (TPSA) is 83.6 Å². The Morgan fingerprint density at radius 1 is 1.16 bits per heavy atom. The van der Waals surface area contributed by atoms with Crippen LogP contribution in [0.5, 0.6) is 0 Å². The third-order valence-electron chi connectivity index (χ3n) is 4.90. The summed E-state index contributed by atoms with van der Waals surface area (Å²) in [5, 5.41) is 2.67. The van der Waals surface area contributed by atoms with Crippen molar-refractivity contribution in [3.8, 4) is 22.5 Å². The number of anilines is 1. The van der Waals surface area contributed by atoms with Crippen molar-refractivity contribution in [2.45, 2.75) is 33.1 Å². The normalized spacial score (nSPS) is 11.3. The average Bonchev–Trinajstić information content (AvgIpc) is 3.14. The van der Waals surface area contributed by atoms with Crippen molar-refractivity contribution < 1.29 is 13.6 Å². The summed E-state index contributed by atoms with van der Waals surface area (Å²) >= 11 is 0. The molecule has 1 amide bonds. The number of aryl methyl sites for hydroxylation is 1. The van der Waals surface area contributed by atoms with Crippen LogP contribution in [0.2, 0.25) is 0 Å². The lowest BCUT2D eigenvalue weighted by atomic mass is 10.0. The number of halogens is 2. The van der Waals surface area contributed by atoms with Gasteiger partial charge in [-0.3, -0.25) is 9.78 Å². The lowest BCUT2D eigenvalue weighted by Crippen LogP contribution is -2.07. The molecule has 4 aromatic rings. The summed E-state index contributed by atoms with van der Waals surface area (Å²) in [6, 6.07) is 10.0. The number of aromatic nitrogens is 4. The van der Waals surface area contributed by atoms with Gasteiger partial charge in [0.1, 0.15) is 11.5 Å². The van der Waals surface area contributed by atoms with E-state index < -0.39 is 6.43 Å². The number of hydrogen-bond donors (Lipinski definition) is 2. The van der Waals surface area contributed by atoms with Gasteiger partial charge in [-0.1, -0.05) is 19.4 Å². The summed E-state index contributed by atoms with van der Waals surface area (Å²) in [5.74, 6) is 0.158. The van der Waals surface area contributed by atoms with Crippen molar-refractivity contribution in [2.24, 2.45) is 0 Å². The van der Waals surface area contributed by atoms with Crippen molar-refractivity contribution in [3.05, 3.63) is 60.0 Å². The van der Waals surface area contributed by atoms with Crippen LogP contribution in [0.4, 0.5) is 14.6 Å². The minimum Gasteiger partial charge on any atom is -0.352 e. The van der Waals surface area contributed by atoms with Gasteiger partial charge in [0.25, 0.3) is 6.43 Å². The molecular weight excluding hydrogens is 400 g/mol. The maximum absolute atomic E-state index is 13.3. The van der Waals surface area contributed by atoms with Crippen molar-refractivity contribution in [2.75, 3.05) is 5.32 Å². The number of alkyl halides is 2. The molecule has 0 atom stereocenters. The molecule has 0 spiro atoms. The van der Waals surface area contributed by atoms with Crippen LogP contribution in [-0.4, -0.2) is 25.8 Å². The Hall–Kier alpha value is -3.68. The molecule has 8 heteroatoms. The summed E-state index contributed by atoms with van der Waals surface area (Å²) < 4.78 is 26.7. The highest BCUT2D eigenvalue weighted by Gasteiger charge is 2.21. The van der Waals surface area contributed by atoms with Crippen LogP contribution < -0.4 is 5.32 Å². The second-order valence-corrected chi connectivity index (χ2v) is 7.18. The summed E-state index contributed by atoms with van der Waals surface area (Å²) in [5.41, 5.74) is 4.75. The fraction of sp³-hybridized carbons (Fsp3) is 0.217. The number of nitrogens with zero attached hydrogens (tertiary/aromatic N) is 3. The molecule has 0 aromatic carbocycles. The van der Waals surface area contributed by atoms with Gasteiger partial charge in [-0.15, -0.1) is 0 Å². The van der Waals surface area contributed by atoms with Gasteiger partial charge in [-0.25, -0.2) is 18.7 Å². The Morgan fingerprint density at radius 2 is 1.97 bits per heavy atom. The minimum atomic E-state index is -2.68. The number of carbonyl (C=O) groups is 1. The lowest BCUT2D eigenvalue weighted by molar-refractivity contribution is -0.114. The smallest absolute Gasteiger partial charge is 0.280 e. The summed E-state index contributed by atoms with van der Waals surface area (Å²) in [7, 11) is 0.